The molecular weight excluding hydrogens is 340 g/mol. The number of benzene rings is 1. The number of rotatable bonds is 9. The summed E-state index contributed by atoms with van der Waals surface area (Å²) in [5, 5.41) is 6.40. The van der Waals surface area contributed by atoms with Gasteiger partial charge in [0.15, 0.2) is 0 Å². The molecule has 2 N–H and O–H groups in total. The molecule has 138 valence electrons. The van der Waals surface area contributed by atoms with E-state index in [1.165, 1.54) is 6.42 Å². The van der Waals surface area contributed by atoms with Crippen molar-refractivity contribution in [3.8, 4) is 5.75 Å². The zero-order valence-electron chi connectivity index (χ0n) is 14.6. The molecule has 0 aliphatic heterocycles. The highest BCUT2D eigenvalue weighted by Crippen LogP contribution is 2.23. The maximum Gasteiger partial charge on any atom is 0.223 e. The molecule has 1 saturated carbocycles. The van der Waals surface area contributed by atoms with Crippen molar-refractivity contribution < 1.29 is 14.3 Å². The summed E-state index contributed by atoms with van der Waals surface area (Å²) < 4.78 is 5.54. The van der Waals surface area contributed by atoms with E-state index < -0.39 is 0 Å². The average molecular weight is 367 g/mol. The van der Waals surface area contributed by atoms with Crippen LogP contribution in [0.25, 0.3) is 0 Å². The first kappa shape index (κ1) is 19.6. The van der Waals surface area contributed by atoms with Gasteiger partial charge in [-0.15, -0.1) is 0 Å². The standard InChI is InChI=1S/C19H27ClN2O3/c20-16-8-10-17(11-9-16)25-14-4-7-18(23)21-12-13-22-19(24)15-5-2-1-3-6-15/h8-11,15H,1-7,12-14H2,(H,21,23)(H,22,24). The lowest BCUT2D eigenvalue weighted by atomic mass is 9.89. The lowest BCUT2D eigenvalue weighted by Crippen LogP contribution is -2.38. The van der Waals surface area contributed by atoms with Gasteiger partial charge in [0.1, 0.15) is 5.75 Å². The number of carbonyl (C=O) groups is 2. The van der Waals surface area contributed by atoms with Crippen molar-refractivity contribution >= 4 is 23.4 Å². The molecule has 0 radical (unpaired) electrons. The lowest BCUT2D eigenvalue weighted by molar-refractivity contribution is -0.126. The summed E-state index contributed by atoms with van der Waals surface area (Å²) in [4.78, 5) is 23.7. The Labute approximate surface area is 154 Å². The highest BCUT2D eigenvalue weighted by atomic mass is 35.5. The second-order valence-electron chi connectivity index (χ2n) is 6.38. The van der Waals surface area contributed by atoms with Crippen LogP contribution in [-0.2, 0) is 9.59 Å². The Bertz CT molecular complexity index is 542. The van der Waals surface area contributed by atoms with E-state index in [-0.39, 0.29) is 17.7 Å². The van der Waals surface area contributed by atoms with Gasteiger partial charge in [0.2, 0.25) is 11.8 Å². The van der Waals surface area contributed by atoms with Crippen molar-refractivity contribution in [2.45, 2.75) is 44.9 Å². The van der Waals surface area contributed by atoms with Crippen LogP contribution in [0.4, 0.5) is 0 Å². The maximum absolute atomic E-state index is 12.0. The Morgan fingerprint density at radius 3 is 2.44 bits per heavy atom. The van der Waals surface area contributed by atoms with E-state index in [0.717, 1.165) is 31.4 Å². The molecule has 1 aromatic rings. The summed E-state index contributed by atoms with van der Waals surface area (Å²) >= 11 is 5.80. The topological polar surface area (TPSA) is 67.4 Å². The second kappa shape index (κ2) is 11.0. The molecule has 0 aromatic heterocycles. The number of carbonyl (C=O) groups excluding carboxylic acids is 2. The van der Waals surface area contributed by atoms with Gasteiger partial charge >= 0.3 is 0 Å². The van der Waals surface area contributed by atoms with Gasteiger partial charge in [-0.2, -0.15) is 0 Å². The van der Waals surface area contributed by atoms with Gasteiger partial charge in [0.25, 0.3) is 0 Å². The van der Waals surface area contributed by atoms with Crippen LogP contribution in [0.15, 0.2) is 24.3 Å². The van der Waals surface area contributed by atoms with Crippen molar-refractivity contribution in [1.82, 2.24) is 10.6 Å². The number of nitrogens with one attached hydrogen (secondary N) is 2. The molecule has 0 atom stereocenters. The number of hydrogen-bond acceptors (Lipinski definition) is 3. The van der Waals surface area contributed by atoms with Gasteiger partial charge in [-0.05, 0) is 43.5 Å². The predicted octanol–water partition coefficient (Wildman–Crippen LogP) is 3.31. The van der Waals surface area contributed by atoms with Gasteiger partial charge in [-0.1, -0.05) is 30.9 Å². The fourth-order valence-corrected chi connectivity index (χ4v) is 3.06. The lowest BCUT2D eigenvalue weighted by Gasteiger charge is -2.20. The number of ether oxygens (including phenoxy) is 1. The zero-order chi connectivity index (χ0) is 17.9. The summed E-state index contributed by atoms with van der Waals surface area (Å²) in [5.74, 6) is 1.02. The minimum atomic E-state index is -0.0216. The zero-order valence-corrected chi connectivity index (χ0v) is 15.3. The molecule has 1 aliphatic rings. The van der Waals surface area contributed by atoms with E-state index in [1.807, 2.05) is 0 Å². The number of amides is 2. The van der Waals surface area contributed by atoms with Crippen LogP contribution < -0.4 is 15.4 Å². The van der Waals surface area contributed by atoms with E-state index in [2.05, 4.69) is 10.6 Å². The van der Waals surface area contributed by atoms with E-state index in [1.54, 1.807) is 24.3 Å². The summed E-state index contributed by atoms with van der Waals surface area (Å²) in [6.07, 6.45) is 6.56. The first-order chi connectivity index (χ1) is 12.1. The number of halogens is 1. The Kier molecular flexibility index (Phi) is 8.60. The molecule has 0 spiro atoms. The average Bonchev–Trinajstić information content (AvgIpc) is 2.64. The summed E-state index contributed by atoms with van der Waals surface area (Å²) in [6.45, 7) is 1.44. The molecule has 0 unspecified atom stereocenters. The van der Waals surface area contributed by atoms with Crippen LogP contribution in [0.3, 0.4) is 0 Å². The Morgan fingerprint density at radius 2 is 1.72 bits per heavy atom. The normalized spacial score (nSPS) is 14.8. The third-order valence-corrected chi connectivity index (χ3v) is 4.60. The molecule has 1 aliphatic carbocycles. The predicted molar refractivity (Wildman–Crippen MR) is 98.8 cm³/mol. The van der Waals surface area contributed by atoms with Gasteiger partial charge in [0, 0.05) is 30.5 Å². The summed E-state index contributed by atoms with van der Waals surface area (Å²) in [7, 11) is 0. The Hall–Kier alpha value is -1.75. The quantitative estimate of drug-likeness (QED) is 0.659. The molecule has 1 fully saturated rings. The Morgan fingerprint density at radius 1 is 1.04 bits per heavy atom. The van der Waals surface area contributed by atoms with Crippen LogP contribution >= 0.6 is 11.6 Å². The van der Waals surface area contributed by atoms with E-state index in [9.17, 15) is 9.59 Å². The van der Waals surface area contributed by atoms with Crippen molar-refractivity contribution in [1.29, 1.82) is 0 Å². The van der Waals surface area contributed by atoms with Gasteiger partial charge in [-0.25, -0.2) is 0 Å². The van der Waals surface area contributed by atoms with Gasteiger partial charge < -0.3 is 15.4 Å². The first-order valence-electron chi connectivity index (χ1n) is 9.08. The van der Waals surface area contributed by atoms with Crippen LogP contribution in [0.1, 0.15) is 44.9 Å². The molecule has 5 nitrogen and oxygen atoms in total. The fraction of sp³-hybridized carbons (Fsp3) is 0.579. The smallest absolute Gasteiger partial charge is 0.223 e. The molecule has 0 saturated heterocycles. The van der Waals surface area contributed by atoms with Crippen LogP contribution in [0.5, 0.6) is 5.75 Å². The van der Waals surface area contributed by atoms with Crippen molar-refractivity contribution in [3.63, 3.8) is 0 Å². The molecule has 6 heteroatoms. The summed E-state index contributed by atoms with van der Waals surface area (Å²) in [5.41, 5.74) is 0. The van der Waals surface area contributed by atoms with Gasteiger partial charge in [-0.3, -0.25) is 9.59 Å². The second-order valence-corrected chi connectivity index (χ2v) is 6.82. The molecular formula is C19H27ClN2O3. The van der Waals surface area contributed by atoms with Gasteiger partial charge in [0.05, 0.1) is 6.61 Å². The van der Waals surface area contributed by atoms with Crippen LogP contribution in [-0.4, -0.2) is 31.5 Å². The molecule has 25 heavy (non-hydrogen) atoms. The minimum Gasteiger partial charge on any atom is -0.494 e. The molecule has 2 rings (SSSR count). The van der Waals surface area contributed by atoms with E-state index in [4.69, 9.17) is 16.3 Å². The highest BCUT2D eigenvalue weighted by molar-refractivity contribution is 6.30. The van der Waals surface area contributed by atoms with Crippen molar-refractivity contribution in [2.24, 2.45) is 5.92 Å². The molecule has 0 heterocycles. The Balaban J connectivity index is 1.48. The SMILES string of the molecule is O=C(CCCOc1ccc(Cl)cc1)NCCNC(=O)C1CCCCC1. The number of hydrogen-bond donors (Lipinski definition) is 2. The molecule has 2 amide bonds. The minimum absolute atomic E-state index is 0.0216. The fourth-order valence-electron chi connectivity index (χ4n) is 2.94. The van der Waals surface area contributed by atoms with Crippen molar-refractivity contribution in [3.05, 3.63) is 29.3 Å². The van der Waals surface area contributed by atoms with E-state index >= 15 is 0 Å². The third-order valence-electron chi connectivity index (χ3n) is 4.35. The highest BCUT2D eigenvalue weighted by Gasteiger charge is 2.20. The van der Waals surface area contributed by atoms with Crippen LogP contribution in [0.2, 0.25) is 5.02 Å². The monoisotopic (exact) mass is 366 g/mol. The third kappa shape index (κ3) is 7.78. The maximum atomic E-state index is 12.0. The molecule has 0 bridgehead atoms. The van der Waals surface area contributed by atoms with Crippen molar-refractivity contribution in [2.75, 3.05) is 19.7 Å². The van der Waals surface area contributed by atoms with Crippen LogP contribution in [0, 0.1) is 5.92 Å². The largest absolute Gasteiger partial charge is 0.494 e. The molecule has 1 aromatic carbocycles. The summed E-state index contributed by atoms with van der Waals surface area (Å²) in [6, 6.07) is 7.14. The van der Waals surface area contributed by atoms with E-state index in [0.29, 0.717) is 37.6 Å². The first-order valence-corrected chi connectivity index (χ1v) is 9.46.